The minimum Gasteiger partial charge on any atom is -0.342 e. The quantitative estimate of drug-likeness (QED) is 0.668. The van der Waals surface area contributed by atoms with Gasteiger partial charge < -0.3 is 4.90 Å². The average Bonchev–Trinajstić information content (AvgIpc) is 2.34. The van der Waals surface area contributed by atoms with E-state index in [4.69, 9.17) is 0 Å². The molecule has 2 nitrogen and oxygen atoms in total. The monoisotopic (exact) mass is 221 g/mol. The van der Waals surface area contributed by atoms with Crippen molar-refractivity contribution < 1.29 is 4.79 Å². The molecule has 0 atom stereocenters. The highest BCUT2D eigenvalue weighted by molar-refractivity contribution is 5.78. The Morgan fingerprint density at radius 2 is 2.00 bits per heavy atom. The van der Waals surface area contributed by atoms with Crippen LogP contribution in [-0.4, -0.2) is 23.9 Å². The van der Waals surface area contributed by atoms with E-state index in [0.717, 1.165) is 19.0 Å². The van der Waals surface area contributed by atoms with Gasteiger partial charge in [-0.05, 0) is 32.6 Å². The Hall–Kier alpha value is -0.970. The van der Waals surface area contributed by atoms with E-state index in [1.54, 1.807) is 6.92 Å². The summed E-state index contributed by atoms with van der Waals surface area (Å²) >= 11 is 0. The van der Waals surface area contributed by atoms with E-state index in [1.807, 2.05) is 4.90 Å². The Labute approximate surface area is 99.4 Å². The van der Waals surface area contributed by atoms with E-state index < -0.39 is 0 Å². The van der Waals surface area contributed by atoms with Gasteiger partial charge in [0.1, 0.15) is 0 Å². The summed E-state index contributed by atoms with van der Waals surface area (Å²) in [6.45, 7) is 5.60. The Balaban J connectivity index is 2.39. The molecule has 0 aromatic rings. The molecule has 0 aromatic heterocycles. The predicted molar refractivity (Wildman–Crippen MR) is 66.9 cm³/mol. The third-order valence-corrected chi connectivity index (χ3v) is 3.35. The van der Waals surface area contributed by atoms with Crippen molar-refractivity contribution in [2.75, 3.05) is 13.1 Å². The first-order valence-electron chi connectivity index (χ1n) is 6.45. The van der Waals surface area contributed by atoms with Crippen LogP contribution in [0.1, 0.15) is 52.4 Å². The van der Waals surface area contributed by atoms with Crippen LogP contribution in [0.4, 0.5) is 0 Å². The molecule has 1 aliphatic carbocycles. The summed E-state index contributed by atoms with van der Waals surface area (Å²) in [5, 5.41) is 0. The van der Waals surface area contributed by atoms with E-state index >= 15 is 0 Å². The van der Waals surface area contributed by atoms with Gasteiger partial charge in [0.15, 0.2) is 0 Å². The highest BCUT2D eigenvalue weighted by Gasteiger charge is 2.18. The Morgan fingerprint density at radius 1 is 1.31 bits per heavy atom. The molecule has 90 valence electrons. The third kappa shape index (κ3) is 4.26. The van der Waals surface area contributed by atoms with E-state index in [1.165, 1.54) is 32.1 Å². The molecule has 0 radical (unpaired) electrons. The highest BCUT2D eigenvalue weighted by Crippen LogP contribution is 2.24. The van der Waals surface area contributed by atoms with Crippen LogP contribution in [-0.2, 0) is 4.79 Å². The van der Waals surface area contributed by atoms with Crippen LogP contribution >= 0.6 is 0 Å². The molecule has 1 fully saturated rings. The summed E-state index contributed by atoms with van der Waals surface area (Å²) in [7, 11) is 0. The van der Waals surface area contributed by atoms with Gasteiger partial charge in [-0.25, -0.2) is 0 Å². The highest BCUT2D eigenvalue weighted by atomic mass is 16.2. The fraction of sp³-hybridized carbons (Fsp3) is 0.786. The largest absolute Gasteiger partial charge is 0.342 e. The molecular weight excluding hydrogens is 198 g/mol. The number of hydrogen-bond donors (Lipinski definition) is 0. The molecule has 0 saturated heterocycles. The Kier molecular flexibility index (Phi) is 6.00. The molecule has 1 rings (SSSR count). The van der Waals surface area contributed by atoms with Crippen molar-refractivity contribution in [1.29, 1.82) is 0 Å². The lowest BCUT2D eigenvalue weighted by Crippen LogP contribution is -2.35. The van der Waals surface area contributed by atoms with E-state index in [9.17, 15) is 4.79 Å². The second-order valence-electron chi connectivity index (χ2n) is 4.54. The fourth-order valence-corrected chi connectivity index (χ4v) is 2.36. The second kappa shape index (κ2) is 7.33. The van der Waals surface area contributed by atoms with Gasteiger partial charge in [0.05, 0.1) is 6.42 Å². The van der Waals surface area contributed by atoms with Gasteiger partial charge in [-0.15, -0.1) is 5.92 Å². The molecule has 16 heavy (non-hydrogen) atoms. The topological polar surface area (TPSA) is 20.3 Å². The van der Waals surface area contributed by atoms with Crippen LogP contribution in [0, 0.1) is 17.8 Å². The molecule has 2 heteroatoms. The van der Waals surface area contributed by atoms with Gasteiger partial charge >= 0.3 is 0 Å². The molecule has 1 aliphatic rings. The first-order chi connectivity index (χ1) is 7.77. The number of amides is 1. The van der Waals surface area contributed by atoms with Crippen molar-refractivity contribution in [1.82, 2.24) is 4.90 Å². The summed E-state index contributed by atoms with van der Waals surface area (Å²) in [5.74, 6) is 6.57. The minimum atomic E-state index is 0.197. The van der Waals surface area contributed by atoms with Gasteiger partial charge in [-0.1, -0.05) is 25.2 Å². The normalized spacial score (nSPS) is 16.4. The minimum absolute atomic E-state index is 0.197. The molecule has 0 N–H and O–H groups in total. The fourth-order valence-electron chi connectivity index (χ4n) is 2.36. The van der Waals surface area contributed by atoms with Crippen LogP contribution < -0.4 is 0 Å². The SMILES string of the molecule is CC#CCC(=O)N(CC)CC1CCCCC1. The van der Waals surface area contributed by atoms with E-state index in [0.29, 0.717) is 6.42 Å². The number of rotatable bonds is 4. The van der Waals surface area contributed by atoms with Crippen molar-refractivity contribution in [3.8, 4) is 11.8 Å². The summed E-state index contributed by atoms with van der Waals surface area (Å²) in [6, 6.07) is 0. The lowest BCUT2D eigenvalue weighted by atomic mass is 9.89. The molecule has 0 spiro atoms. The summed E-state index contributed by atoms with van der Waals surface area (Å²) in [5.41, 5.74) is 0. The van der Waals surface area contributed by atoms with Gasteiger partial charge in [-0.3, -0.25) is 4.79 Å². The Morgan fingerprint density at radius 3 is 2.56 bits per heavy atom. The molecule has 0 unspecified atom stereocenters. The van der Waals surface area contributed by atoms with Crippen molar-refractivity contribution in [3.63, 3.8) is 0 Å². The zero-order valence-electron chi connectivity index (χ0n) is 10.6. The maximum absolute atomic E-state index is 11.8. The Bertz CT molecular complexity index is 268. The van der Waals surface area contributed by atoms with E-state index in [2.05, 4.69) is 18.8 Å². The number of hydrogen-bond acceptors (Lipinski definition) is 1. The van der Waals surface area contributed by atoms with Crippen LogP contribution in [0.3, 0.4) is 0 Å². The molecule has 1 saturated carbocycles. The lowest BCUT2D eigenvalue weighted by molar-refractivity contribution is -0.130. The molecular formula is C14H23NO. The van der Waals surface area contributed by atoms with Crippen molar-refractivity contribution in [2.45, 2.75) is 52.4 Å². The maximum Gasteiger partial charge on any atom is 0.234 e. The van der Waals surface area contributed by atoms with Crippen molar-refractivity contribution in [3.05, 3.63) is 0 Å². The lowest BCUT2D eigenvalue weighted by Gasteiger charge is -2.28. The number of carbonyl (C=O) groups excluding carboxylic acids is 1. The third-order valence-electron chi connectivity index (χ3n) is 3.35. The van der Waals surface area contributed by atoms with E-state index in [-0.39, 0.29) is 5.91 Å². The van der Waals surface area contributed by atoms with Gasteiger partial charge in [0.2, 0.25) is 5.91 Å². The van der Waals surface area contributed by atoms with Gasteiger partial charge in [0.25, 0.3) is 0 Å². The van der Waals surface area contributed by atoms with Crippen LogP contribution in [0.25, 0.3) is 0 Å². The van der Waals surface area contributed by atoms with Gasteiger partial charge in [0, 0.05) is 13.1 Å². The van der Waals surface area contributed by atoms with Crippen LogP contribution in [0.2, 0.25) is 0 Å². The van der Waals surface area contributed by atoms with Gasteiger partial charge in [-0.2, -0.15) is 0 Å². The maximum atomic E-state index is 11.8. The summed E-state index contributed by atoms with van der Waals surface area (Å²) < 4.78 is 0. The average molecular weight is 221 g/mol. The smallest absolute Gasteiger partial charge is 0.234 e. The summed E-state index contributed by atoms with van der Waals surface area (Å²) in [4.78, 5) is 13.8. The second-order valence-corrected chi connectivity index (χ2v) is 4.54. The first kappa shape index (κ1) is 13.1. The first-order valence-corrected chi connectivity index (χ1v) is 6.45. The van der Waals surface area contributed by atoms with Crippen LogP contribution in [0.15, 0.2) is 0 Å². The van der Waals surface area contributed by atoms with Crippen molar-refractivity contribution >= 4 is 5.91 Å². The van der Waals surface area contributed by atoms with Crippen LogP contribution in [0.5, 0.6) is 0 Å². The number of carbonyl (C=O) groups is 1. The summed E-state index contributed by atoms with van der Waals surface area (Å²) in [6.07, 6.45) is 7.03. The molecule has 0 aromatic carbocycles. The number of nitrogens with zero attached hydrogens (tertiary/aromatic N) is 1. The van der Waals surface area contributed by atoms with Crippen molar-refractivity contribution in [2.24, 2.45) is 5.92 Å². The molecule has 0 aliphatic heterocycles. The predicted octanol–water partition coefficient (Wildman–Crippen LogP) is 2.83. The molecule has 0 heterocycles. The zero-order valence-corrected chi connectivity index (χ0v) is 10.6. The molecule has 0 bridgehead atoms. The molecule has 1 amide bonds. The zero-order chi connectivity index (χ0) is 11.8. The standard InChI is InChI=1S/C14H23NO/c1-3-5-11-14(16)15(4-2)12-13-9-7-6-8-10-13/h13H,4,6-12H2,1-2H3.